The van der Waals surface area contributed by atoms with E-state index in [1.807, 2.05) is 0 Å². The van der Waals surface area contributed by atoms with Gasteiger partial charge in [-0.05, 0) is 30.7 Å². The molecule has 20 heavy (non-hydrogen) atoms. The zero-order valence-corrected chi connectivity index (χ0v) is 11.4. The van der Waals surface area contributed by atoms with Crippen molar-refractivity contribution in [2.75, 3.05) is 7.11 Å². The lowest BCUT2D eigenvalue weighted by atomic mass is 9.88. The van der Waals surface area contributed by atoms with Crippen molar-refractivity contribution in [2.24, 2.45) is 0 Å². The van der Waals surface area contributed by atoms with Gasteiger partial charge >= 0.3 is 0 Å². The third-order valence-electron chi connectivity index (χ3n) is 3.24. The molecule has 2 aromatic carbocycles. The predicted molar refractivity (Wildman–Crippen MR) is 72.6 cm³/mol. The van der Waals surface area contributed by atoms with Crippen molar-refractivity contribution in [3.05, 3.63) is 65.2 Å². The highest BCUT2D eigenvalue weighted by molar-refractivity contribution is 5.31. The average molecular weight is 278 g/mol. The number of hydrogen-bond donors (Lipinski definition) is 1. The second-order valence-corrected chi connectivity index (χ2v) is 4.90. The maximum absolute atomic E-state index is 13.8. The molecule has 0 radical (unpaired) electrons. The summed E-state index contributed by atoms with van der Waals surface area (Å²) >= 11 is 0. The number of aliphatic hydroxyl groups is 1. The quantitative estimate of drug-likeness (QED) is 0.928. The van der Waals surface area contributed by atoms with E-state index in [2.05, 4.69) is 0 Å². The Bertz CT molecular complexity index is 592. The van der Waals surface area contributed by atoms with Crippen LogP contribution in [0.15, 0.2) is 42.5 Å². The summed E-state index contributed by atoms with van der Waals surface area (Å²) in [5, 5.41) is 10.4. The summed E-state index contributed by atoms with van der Waals surface area (Å²) in [6.45, 7) is 1.47. The van der Waals surface area contributed by atoms with Crippen molar-refractivity contribution in [3.63, 3.8) is 0 Å². The maximum Gasteiger partial charge on any atom is 0.164 e. The number of benzene rings is 2. The van der Waals surface area contributed by atoms with Crippen LogP contribution in [0.1, 0.15) is 18.1 Å². The van der Waals surface area contributed by atoms with Gasteiger partial charge in [0.1, 0.15) is 5.75 Å². The predicted octanol–water partition coefficient (Wildman–Crippen LogP) is 3.42. The molecule has 0 bridgehead atoms. The lowest BCUT2D eigenvalue weighted by Crippen LogP contribution is -2.26. The largest absolute Gasteiger partial charge is 0.497 e. The van der Waals surface area contributed by atoms with Gasteiger partial charge < -0.3 is 9.84 Å². The fraction of sp³-hybridized carbons (Fsp3) is 0.250. The van der Waals surface area contributed by atoms with Crippen molar-refractivity contribution in [3.8, 4) is 5.75 Å². The van der Waals surface area contributed by atoms with E-state index in [4.69, 9.17) is 4.74 Å². The molecule has 0 aliphatic heterocycles. The van der Waals surface area contributed by atoms with Gasteiger partial charge in [0, 0.05) is 12.0 Å². The Hall–Kier alpha value is -1.94. The van der Waals surface area contributed by atoms with Crippen LogP contribution in [0.3, 0.4) is 0 Å². The van der Waals surface area contributed by atoms with Crippen LogP contribution in [0.2, 0.25) is 0 Å². The van der Waals surface area contributed by atoms with Crippen molar-refractivity contribution < 1.29 is 18.6 Å². The Balaban J connectivity index is 2.27. The van der Waals surface area contributed by atoms with Crippen LogP contribution < -0.4 is 4.74 Å². The molecule has 2 aromatic rings. The van der Waals surface area contributed by atoms with Gasteiger partial charge in [0.05, 0.1) is 12.7 Å². The van der Waals surface area contributed by atoms with E-state index in [1.165, 1.54) is 19.1 Å². The van der Waals surface area contributed by atoms with E-state index in [1.54, 1.807) is 31.4 Å². The molecule has 0 aromatic heterocycles. The van der Waals surface area contributed by atoms with Crippen LogP contribution in [-0.4, -0.2) is 12.2 Å². The third kappa shape index (κ3) is 2.96. The van der Waals surface area contributed by atoms with Crippen LogP contribution in [0, 0.1) is 11.6 Å². The molecule has 0 spiro atoms. The van der Waals surface area contributed by atoms with Crippen molar-refractivity contribution >= 4 is 0 Å². The van der Waals surface area contributed by atoms with E-state index >= 15 is 0 Å². The zero-order valence-electron chi connectivity index (χ0n) is 11.4. The second-order valence-electron chi connectivity index (χ2n) is 4.90. The topological polar surface area (TPSA) is 29.5 Å². The molecule has 0 aliphatic rings. The Labute approximate surface area is 116 Å². The standard InChI is InChI=1S/C16H16F2O2/c1-16(19,13-4-3-5-14(17)15(13)18)10-11-6-8-12(20-2)9-7-11/h3-9,19H,10H2,1-2H3. The molecule has 2 nitrogen and oxygen atoms in total. The van der Waals surface area contributed by atoms with E-state index in [0.29, 0.717) is 5.75 Å². The summed E-state index contributed by atoms with van der Waals surface area (Å²) in [6.07, 6.45) is 0.178. The van der Waals surface area contributed by atoms with E-state index in [9.17, 15) is 13.9 Å². The summed E-state index contributed by atoms with van der Waals surface area (Å²) in [7, 11) is 1.56. The molecule has 1 N–H and O–H groups in total. The van der Waals surface area contributed by atoms with Gasteiger partial charge in [0.25, 0.3) is 0 Å². The second kappa shape index (κ2) is 5.59. The first-order valence-corrected chi connectivity index (χ1v) is 6.24. The Morgan fingerprint density at radius 1 is 1.10 bits per heavy atom. The van der Waals surface area contributed by atoms with Crippen LogP contribution in [0.25, 0.3) is 0 Å². The number of hydrogen-bond acceptors (Lipinski definition) is 2. The molecule has 2 rings (SSSR count). The molecule has 106 valence electrons. The van der Waals surface area contributed by atoms with Crippen LogP contribution >= 0.6 is 0 Å². The Morgan fingerprint density at radius 3 is 2.35 bits per heavy atom. The first-order chi connectivity index (χ1) is 9.44. The molecular formula is C16H16F2O2. The molecule has 0 fully saturated rings. The van der Waals surface area contributed by atoms with Crippen molar-refractivity contribution in [2.45, 2.75) is 18.9 Å². The number of ether oxygens (including phenoxy) is 1. The van der Waals surface area contributed by atoms with E-state index in [-0.39, 0.29) is 12.0 Å². The van der Waals surface area contributed by atoms with Crippen LogP contribution in [0.5, 0.6) is 5.75 Å². The van der Waals surface area contributed by atoms with E-state index in [0.717, 1.165) is 11.6 Å². The highest BCUT2D eigenvalue weighted by Crippen LogP contribution is 2.29. The molecule has 1 atom stereocenters. The zero-order chi connectivity index (χ0) is 14.8. The summed E-state index contributed by atoms with van der Waals surface area (Å²) in [6, 6.07) is 10.9. The van der Waals surface area contributed by atoms with E-state index < -0.39 is 17.2 Å². The van der Waals surface area contributed by atoms with Gasteiger partial charge in [-0.25, -0.2) is 8.78 Å². The third-order valence-corrected chi connectivity index (χ3v) is 3.24. The fourth-order valence-electron chi connectivity index (χ4n) is 2.16. The summed E-state index contributed by atoms with van der Waals surface area (Å²) in [4.78, 5) is 0. The number of rotatable bonds is 4. The van der Waals surface area contributed by atoms with Gasteiger partial charge in [-0.1, -0.05) is 24.3 Å². The van der Waals surface area contributed by atoms with Crippen molar-refractivity contribution in [1.29, 1.82) is 0 Å². The molecular weight excluding hydrogens is 262 g/mol. The maximum atomic E-state index is 13.8. The monoisotopic (exact) mass is 278 g/mol. The van der Waals surface area contributed by atoms with Crippen LogP contribution in [0.4, 0.5) is 8.78 Å². The molecule has 4 heteroatoms. The minimum Gasteiger partial charge on any atom is -0.497 e. The minimum absolute atomic E-state index is 0.0479. The number of halogens is 2. The first kappa shape index (κ1) is 14.5. The first-order valence-electron chi connectivity index (χ1n) is 6.24. The Kier molecular flexibility index (Phi) is 4.04. The molecule has 0 saturated heterocycles. The molecule has 0 heterocycles. The Morgan fingerprint density at radius 2 is 1.75 bits per heavy atom. The van der Waals surface area contributed by atoms with Gasteiger partial charge in [0.2, 0.25) is 0 Å². The number of methoxy groups -OCH3 is 1. The van der Waals surface area contributed by atoms with Gasteiger partial charge in [-0.15, -0.1) is 0 Å². The highest BCUT2D eigenvalue weighted by atomic mass is 19.2. The minimum atomic E-state index is -1.49. The normalized spacial score (nSPS) is 13.8. The summed E-state index contributed by atoms with van der Waals surface area (Å²) in [5.41, 5.74) is -0.728. The average Bonchev–Trinajstić information content (AvgIpc) is 2.42. The smallest absolute Gasteiger partial charge is 0.164 e. The lowest BCUT2D eigenvalue weighted by Gasteiger charge is -2.24. The molecule has 0 aliphatic carbocycles. The molecule has 0 amide bonds. The molecule has 1 unspecified atom stereocenters. The van der Waals surface area contributed by atoms with Gasteiger partial charge in [0.15, 0.2) is 11.6 Å². The van der Waals surface area contributed by atoms with Gasteiger partial charge in [-0.3, -0.25) is 0 Å². The lowest BCUT2D eigenvalue weighted by molar-refractivity contribution is 0.0530. The van der Waals surface area contributed by atoms with Crippen molar-refractivity contribution in [1.82, 2.24) is 0 Å². The SMILES string of the molecule is COc1ccc(CC(C)(O)c2cccc(F)c2F)cc1. The summed E-state index contributed by atoms with van der Waals surface area (Å²) < 4.78 is 32.1. The van der Waals surface area contributed by atoms with Gasteiger partial charge in [-0.2, -0.15) is 0 Å². The fourth-order valence-corrected chi connectivity index (χ4v) is 2.16. The summed E-state index contributed by atoms with van der Waals surface area (Å²) in [5.74, 6) is -1.27. The highest BCUT2D eigenvalue weighted by Gasteiger charge is 2.28. The molecule has 0 saturated carbocycles. The van der Waals surface area contributed by atoms with Crippen LogP contribution in [-0.2, 0) is 12.0 Å².